The van der Waals surface area contributed by atoms with Gasteiger partial charge in [-0.25, -0.2) is 0 Å². The van der Waals surface area contributed by atoms with E-state index >= 15 is 0 Å². The number of terminal acetylenes is 1. The van der Waals surface area contributed by atoms with Crippen LogP contribution in [0, 0.1) is 12.3 Å². The van der Waals surface area contributed by atoms with Gasteiger partial charge in [0.25, 0.3) is 0 Å². The maximum absolute atomic E-state index is 5.75. The number of hydrogen-bond acceptors (Lipinski definition) is 2. The molecular weight excluding hydrogens is 256 g/mol. The highest BCUT2D eigenvalue weighted by Crippen LogP contribution is 2.36. The molecule has 1 saturated heterocycles. The van der Waals surface area contributed by atoms with Crippen molar-refractivity contribution in [1.82, 2.24) is 10.2 Å². The summed E-state index contributed by atoms with van der Waals surface area (Å²) in [6, 6.07) is 11.4. The number of nitrogens with zero attached hydrogens (tertiary/aromatic N) is 1. The molecule has 1 heterocycles. The molecular formula is C19H26N2. The lowest BCUT2D eigenvalue weighted by atomic mass is 9.78. The van der Waals surface area contributed by atoms with E-state index in [0.29, 0.717) is 11.6 Å². The lowest BCUT2D eigenvalue weighted by Crippen LogP contribution is -2.63. The summed E-state index contributed by atoms with van der Waals surface area (Å²) in [5, 5.41) is 3.88. The van der Waals surface area contributed by atoms with Crippen molar-refractivity contribution in [3.63, 3.8) is 0 Å². The van der Waals surface area contributed by atoms with Crippen LogP contribution in [0.15, 0.2) is 30.3 Å². The van der Waals surface area contributed by atoms with Gasteiger partial charge in [0.15, 0.2) is 0 Å². The molecule has 1 N–H and O–H groups in total. The Kier molecular flexibility index (Phi) is 4.33. The number of nitrogens with one attached hydrogen (secondary N) is 1. The van der Waals surface area contributed by atoms with Crippen molar-refractivity contribution in [1.29, 1.82) is 0 Å². The van der Waals surface area contributed by atoms with Crippen molar-refractivity contribution in [3.8, 4) is 12.3 Å². The molecule has 1 spiro atoms. The minimum atomic E-state index is 0.191. The second-order valence-corrected chi connectivity index (χ2v) is 6.66. The van der Waals surface area contributed by atoms with Gasteiger partial charge >= 0.3 is 0 Å². The minimum absolute atomic E-state index is 0.191. The third-order valence-corrected chi connectivity index (χ3v) is 5.29. The van der Waals surface area contributed by atoms with Gasteiger partial charge in [0.1, 0.15) is 0 Å². The summed E-state index contributed by atoms with van der Waals surface area (Å²) in [5.41, 5.74) is 1.67. The fourth-order valence-corrected chi connectivity index (χ4v) is 4.00. The van der Waals surface area contributed by atoms with E-state index in [0.717, 1.165) is 13.1 Å². The van der Waals surface area contributed by atoms with Crippen molar-refractivity contribution in [3.05, 3.63) is 35.9 Å². The van der Waals surface area contributed by atoms with Crippen molar-refractivity contribution in [2.24, 2.45) is 0 Å². The Labute approximate surface area is 128 Å². The summed E-state index contributed by atoms with van der Waals surface area (Å²) in [5.74, 6) is 2.95. The maximum atomic E-state index is 5.75. The summed E-state index contributed by atoms with van der Waals surface area (Å²) < 4.78 is 0. The van der Waals surface area contributed by atoms with Gasteiger partial charge < -0.3 is 5.32 Å². The minimum Gasteiger partial charge on any atom is -0.308 e. The molecule has 0 radical (unpaired) electrons. The lowest BCUT2D eigenvalue weighted by Gasteiger charge is -2.51. The maximum Gasteiger partial charge on any atom is 0.0689 e. The Bertz CT molecular complexity index is 496. The molecule has 1 aliphatic carbocycles. The molecule has 2 aliphatic rings. The Morgan fingerprint density at radius 1 is 1.24 bits per heavy atom. The van der Waals surface area contributed by atoms with Crippen LogP contribution in [0.3, 0.4) is 0 Å². The normalized spacial score (nSPS) is 27.1. The van der Waals surface area contributed by atoms with Gasteiger partial charge in [-0.3, -0.25) is 4.90 Å². The first kappa shape index (κ1) is 14.6. The van der Waals surface area contributed by atoms with Gasteiger partial charge in [-0.1, -0.05) is 55.5 Å². The van der Waals surface area contributed by atoms with Crippen molar-refractivity contribution in [2.45, 2.75) is 56.7 Å². The van der Waals surface area contributed by atoms with Crippen molar-refractivity contribution >= 4 is 0 Å². The number of benzene rings is 1. The van der Waals surface area contributed by atoms with Crippen LogP contribution in [0.5, 0.6) is 0 Å². The first-order chi connectivity index (χ1) is 10.2. The smallest absolute Gasteiger partial charge is 0.0689 e. The largest absolute Gasteiger partial charge is 0.308 e. The fraction of sp³-hybridized carbons (Fsp3) is 0.579. The molecule has 1 aromatic rings. The second kappa shape index (κ2) is 6.22. The predicted octanol–water partition coefficient (Wildman–Crippen LogP) is 3.36. The van der Waals surface area contributed by atoms with E-state index in [4.69, 9.17) is 6.42 Å². The quantitative estimate of drug-likeness (QED) is 0.837. The van der Waals surface area contributed by atoms with Crippen LogP contribution in [0.4, 0.5) is 0 Å². The molecule has 0 bridgehead atoms. The molecule has 112 valence electrons. The highest BCUT2D eigenvalue weighted by Gasteiger charge is 2.41. The summed E-state index contributed by atoms with van der Waals surface area (Å²) in [6.45, 7) is 4.26. The van der Waals surface area contributed by atoms with E-state index in [1.54, 1.807) is 0 Å². The molecule has 2 unspecified atom stereocenters. The molecule has 2 fully saturated rings. The van der Waals surface area contributed by atoms with Crippen molar-refractivity contribution < 1.29 is 0 Å². The molecule has 1 aliphatic heterocycles. The first-order valence-corrected chi connectivity index (χ1v) is 8.26. The molecule has 2 heteroatoms. The van der Waals surface area contributed by atoms with Crippen LogP contribution in [0.1, 0.15) is 50.6 Å². The van der Waals surface area contributed by atoms with Crippen LogP contribution in [-0.2, 0) is 0 Å². The monoisotopic (exact) mass is 282 g/mol. The molecule has 0 aromatic heterocycles. The van der Waals surface area contributed by atoms with E-state index < -0.39 is 0 Å². The summed E-state index contributed by atoms with van der Waals surface area (Å²) >= 11 is 0. The first-order valence-electron chi connectivity index (χ1n) is 8.26. The van der Waals surface area contributed by atoms with Gasteiger partial charge in [0.2, 0.25) is 0 Å². The van der Waals surface area contributed by atoms with E-state index in [2.05, 4.69) is 53.4 Å². The molecule has 1 saturated carbocycles. The van der Waals surface area contributed by atoms with E-state index in [-0.39, 0.29) is 6.04 Å². The van der Waals surface area contributed by atoms with E-state index in [1.165, 1.54) is 37.7 Å². The van der Waals surface area contributed by atoms with Gasteiger partial charge in [-0.05, 0) is 25.3 Å². The topological polar surface area (TPSA) is 15.3 Å². The fourth-order valence-electron chi connectivity index (χ4n) is 4.00. The summed E-state index contributed by atoms with van der Waals surface area (Å²) in [6.07, 6.45) is 12.4. The highest BCUT2D eigenvalue weighted by atomic mass is 15.3. The van der Waals surface area contributed by atoms with Gasteiger partial charge in [0, 0.05) is 24.7 Å². The van der Waals surface area contributed by atoms with Crippen LogP contribution in [-0.4, -0.2) is 29.6 Å². The summed E-state index contributed by atoms with van der Waals surface area (Å²) in [7, 11) is 0. The van der Waals surface area contributed by atoms with Gasteiger partial charge in [-0.15, -0.1) is 6.42 Å². The van der Waals surface area contributed by atoms with Crippen molar-refractivity contribution in [2.75, 3.05) is 13.1 Å². The third kappa shape index (κ3) is 3.00. The molecule has 2 atom stereocenters. The molecule has 2 nitrogen and oxygen atoms in total. The zero-order chi connectivity index (χ0) is 14.7. The number of rotatable bonds is 2. The predicted molar refractivity (Wildman–Crippen MR) is 88.0 cm³/mol. The average molecular weight is 282 g/mol. The highest BCUT2D eigenvalue weighted by molar-refractivity contribution is 5.22. The lowest BCUT2D eigenvalue weighted by molar-refractivity contribution is 0.0432. The van der Waals surface area contributed by atoms with Crippen LogP contribution in [0.2, 0.25) is 0 Å². The van der Waals surface area contributed by atoms with Gasteiger partial charge in [0.05, 0.1) is 6.04 Å². The number of hydrogen-bond donors (Lipinski definition) is 1. The average Bonchev–Trinajstić information content (AvgIpc) is 2.55. The van der Waals surface area contributed by atoms with Gasteiger partial charge in [-0.2, -0.15) is 0 Å². The SMILES string of the molecule is C#CC(C)N1CC2(CCCCC2)NCC1c1ccccc1. The van der Waals surface area contributed by atoms with Crippen LogP contribution in [0.25, 0.3) is 0 Å². The molecule has 1 aromatic carbocycles. The summed E-state index contributed by atoms with van der Waals surface area (Å²) in [4.78, 5) is 2.54. The van der Waals surface area contributed by atoms with Crippen LogP contribution < -0.4 is 5.32 Å². The molecule has 21 heavy (non-hydrogen) atoms. The zero-order valence-corrected chi connectivity index (χ0v) is 13.0. The van der Waals surface area contributed by atoms with E-state index in [1.807, 2.05) is 0 Å². The Hall–Kier alpha value is -1.30. The molecule has 3 rings (SSSR count). The zero-order valence-electron chi connectivity index (χ0n) is 13.0. The Balaban J connectivity index is 1.84. The second-order valence-electron chi connectivity index (χ2n) is 6.66. The van der Waals surface area contributed by atoms with E-state index in [9.17, 15) is 0 Å². The standard InChI is InChI=1S/C19H26N2/c1-3-16(2)21-15-19(12-8-5-9-13-19)20-14-18(21)17-10-6-4-7-11-17/h1,4,6-7,10-11,16,18,20H,5,8-9,12-15H2,2H3. The Morgan fingerprint density at radius 2 is 1.95 bits per heavy atom. The number of piperazine rings is 1. The Morgan fingerprint density at radius 3 is 2.62 bits per heavy atom. The molecule has 0 amide bonds. The van der Waals surface area contributed by atoms with Crippen LogP contribution >= 0.6 is 0 Å². The third-order valence-electron chi connectivity index (χ3n) is 5.29.